The lowest BCUT2D eigenvalue weighted by atomic mass is 9.99. The van der Waals surface area contributed by atoms with Crippen LogP contribution in [-0.2, 0) is 4.79 Å². The number of halogens is 1. The van der Waals surface area contributed by atoms with Gasteiger partial charge in [-0.05, 0) is 31.5 Å². The van der Waals surface area contributed by atoms with E-state index in [1.165, 1.54) is 0 Å². The van der Waals surface area contributed by atoms with Crippen molar-refractivity contribution in [1.29, 1.82) is 0 Å². The smallest absolute Gasteiger partial charge is 0.228 e. The molecule has 0 aromatic heterocycles. The van der Waals surface area contributed by atoms with E-state index in [9.17, 15) is 9.90 Å². The van der Waals surface area contributed by atoms with Gasteiger partial charge in [-0.1, -0.05) is 12.1 Å². The molecule has 3 N–H and O–H groups in total. The number of carbonyl (C=O) groups excluding carboxylic acids is 1. The van der Waals surface area contributed by atoms with E-state index in [0.29, 0.717) is 5.69 Å². The van der Waals surface area contributed by atoms with Crippen molar-refractivity contribution >= 4 is 24.0 Å². The maximum Gasteiger partial charge on any atom is 0.228 e. The molecule has 0 aliphatic carbocycles. The molecule has 0 unspecified atom stereocenters. The largest absolute Gasteiger partial charge is 0.506 e. The maximum absolute atomic E-state index is 11.9. The summed E-state index contributed by atoms with van der Waals surface area (Å²) in [6.07, 6.45) is 1.94. The molecular weight excluding hydrogens is 240 g/mol. The highest BCUT2D eigenvalue weighted by molar-refractivity contribution is 5.94. The minimum absolute atomic E-state index is 0. The molecule has 1 aromatic rings. The fourth-order valence-electron chi connectivity index (χ4n) is 1.89. The van der Waals surface area contributed by atoms with Crippen LogP contribution >= 0.6 is 12.4 Å². The van der Waals surface area contributed by atoms with Crippen molar-refractivity contribution in [3.8, 4) is 5.75 Å². The summed E-state index contributed by atoms with van der Waals surface area (Å²) >= 11 is 0. The van der Waals surface area contributed by atoms with Crippen LogP contribution < -0.4 is 10.6 Å². The van der Waals surface area contributed by atoms with Crippen LogP contribution in [0.15, 0.2) is 24.3 Å². The number of carbonyl (C=O) groups is 1. The first-order chi connectivity index (χ1) is 7.77. The first-order valence-electron chi connectivity index (χ1n) is 5.57. The first kappa shape index (κ1) is 13.8. The van der Waals surface area contributed by atoms with Crippen LogP contribution in [0.5, 0.6) is 5.75 Å². The topological polar surface area (TPSA) is 61.4 Å². The van der Waals surface area contributed by atoms with Crippen LogP contribution in [0.2, 0.25) is 0 Å². The Kier molecular flexibility index (Phi) is 5.25. The summed E-state index contributed by atoms with van der Waals surface area (Å²) in [6.45, 7) is 1.71. The Labute approximate surface area is 107 Å². The molecule has 1 aromatic carbocycles. The average molecular weight is 257 g/mol. The Hall–Kier alpha value is -1.26. The number of piperidine rings is 1. The van der Waals surface area contributed by atoms with Gasteiger partial charge in [0.05, 0.1) is 11.6 Å². The monoisotopic (exact) mass is 256 g/mol. The van der Waals surface area contributed by atoms with Crippen molar-refractivity contribution in [3.05, 3.63) is 24.3 Å². The molecule has 1 atom stereocenters. The quantitative estimate of drug-likeness (QED) is 0.707. The van der Waals surface area contributed by atoms with Crippen molar-refractivity contribution in [2.24, 2.45) is 5.92 Å². The van der Waals surface area contributed by atoms with Gasteiger partial charge in [-0.25, -0.2) is 0 Å². The van der Waals surface area contributed by atoms with E-state index in [2.05, 4.69) is 10.6 Å². The van der Waals surface area contributed by atoms with Gasteiger partial charge in [0.1, 0.15) is 5.75 Å². The third-order valence-corrected chi connectivity index (χ3v) is 2.83. The van der Waals surface area contributed by atoms with E-state index < -0.39 is 0 Å². The molecule has 2 rings (SSSR count). The number of benzene rings is 1. The predicted molar refractivity (Wildman–Crippen MR) is 69.6 cm³/mol. The van der Waals surface area contributed by atoms with E-state index in [4.69, 9.17) is 0 Å². The van der Waals surface area contributed by atoms with Crippen LogP contribution in [0, 0.1) is 5.92 Å². The van der Waals surface area contributed by atoms with Crippen LogP contribution in [-0.4, -0.2) is 24.1 Å². The molecule has 1 aliphatic rings. The second-order valence-corrected chi connectivity index (χ2v) is 4.05. The lowest BCUT2D eigenvalue weighted by molar-refractivity contribution is -0.120. The minimum Gasteiger partial charge on any atom is -0.506 e. The summed E-state index contributed by atoms with van der Waals surface area (Å²) in [6, 6.07) is 6.78. The maximum atomic E-state index is 11.9. The number of para-hydroxylation sites is 2. The van der Waals surface area contributed by atoms with Gasteiger partial charge in [0.15, 0.2) is 0 Å². The number of hydrogen-bond acceptors (Lipinski definition) is 3. The van der Waals surface area contributed by atoms with E-state index in [1.54, 1.807) is 24.3 Å². The molecule has 17 heavy (non-hydrogen) atoms. The van der Waals surface area contributed by atoms with Gasteiger partial charge in [-0.2, -0.15) is 0 Å². The number of aromatic hydroxyl groups is 1. The lowest BCUT2D eigenvalue weighted by Gasteiger charge is -2.22. The van der Waals surface area contributed by atoms with Crippen LogP contribution in [0.3, 0.4) is 0 Å². The van der Waals surface area contributed by atoms with Gasteiger partial charge in [0.25, 0.3) is 0 Å². The van der Waals surface area contributed by atoms with Gasteiger partial charge >= 0.3 is 0 Å². The standard InChI is InChI=1S/C12H16N2O2.ClH/c15-11-6-2-1-5-10(11)14-12(16)9-4-3-7-13-8-9;/h1-2,5-6,9,13,15H,3-4,7-8H2,(H,14,16);1H/t9-;/m1./s1. The first-order valence-corrected chi connectivity index (χ1v) is 5.57. The average Bonchev–Trinajstić information content (AvgIpc) is 2.33. The molecule has 0 spiro atoms. The van der Waals surface area contributed by atoms with Crippen LogP contribution in [0.1, 0.15) is 12.8 Å². The van der Waals surface area contributed by atoms with Gasteiger partial charge in [-0.3, -0.25) is 4.79 Å². The molecule has 0 saturated carbocycles. The van der Waals surface area contributed by atoms with E-state index >= 15 is 0 Å². The number of hydrogen-bond donors (Lipinski definition) is 3. The lowest BCUT2D eigenvalue weighted by Crippen LogP contribution is -2.37. The molecule has 1 aliphatic heterocycles. The molecule has 0 bridgehead atoms. The highest BCUT2D eigenvalue weighted by Crippen LogP contribution is 2.23. The Balaban J connectivity index is 0.00000144. The molecule has 1 heterocycles. The molecule has 4 nitrogen and oxygen atoms in total. The van der Waals surface area contributed by atoms with Gasteiger partial charge < -0.3 is 15.7 Å². The van der Waals surface area contributed by atoms with Crippen molar-refractivity contribution in [2.45, 2.75) is 12.8 Å². The molecule has 1 amide bonds. The highest BCUT2D eigenvalue weighted by Gasteiger charge is 2.21. The van der Waals surface area contributed by atoms with Crippen molar-refractivity contribution in [1.82, 2.24) is 5.32 Å². The predicted octanol–water partition coefficient (Wildman–Crippen LogP) is 1.75. The zero-order chi connectivity index (χ0) is 11.4. The zero-order valence-electron chi connectivity index (χ0n) is 9.48. The van der Waals surface area contributed by atoms with Crippen molar-refractivity contribution in [2.75, 3.05) is 18.4 Å². The molecule has 5 heteroatoms. The number of amides is 1. The fourth-order valence-corrected chi connectivity index (χ4v) is 1.89. The Bertz CT molecular complexity index is 379. The summed E-state index contributed by atoms with van der Waals surface area (Å²) in [7, 11) is 0. The Morgan fingerprint density at radius 3 is 2.82 bits per heavy atom. The summed E-state index contributed by atoms with van der Waals surface area (Å²) in [4.78, 5) is 11.9. The van der Waals surface area contributed by atoms with Gasteiger partial charge in [0.2, 0.25) is 5.91 Å². The number of nitrogens with one attached hydrogen (secondary N) is 2. The number of phenols is 1. The normalized spacial score (nSPS) is 19.2. The van der Waals surface area contributed by atoms with Crippen molar-refractivity contribution in [3.63, 3.8) is 0 Å². The highest BCUT2D eigenvalue weighted by atomic mass is 35.5. The molecule has 1 saturated heterocycles. The zero-order valence-corrected chi connectivity index (χ0v) is 10.3. The van der Waals surface area contributed by atoms with E-state index in [0.717, 1.165) is 25.9 Å². The SMILES string of the molecule is Cl.O=C(Nc1ccccc1O)[C@@H]1CCCNC1. The van der Waals surface area contributed by atoms with Crippen molar-refractivity contribution < 1.29 is 9.90 Å². The molecule has 94 valence electrons. The Morgan fingerprint density at radius 1 is 1.41 bits per heavy atom. The number of anilines is 1. The second-order valence-electron chi connectivity index (χ2n) is 4.05. The third-order valence-electron chi connectivity index (χ3n) is 2.83. The summed E-state index contributed by atoms with van der Waals surface area (Å²) in [5, 5.41) is 15.5. The number of rotatable bonds is 2. The summed E-state index contributed by atoms with van der Waals surface area (Å²) in [5.74, 6) is 0.0988. The third kappa shape index (κ3) is 3.61. The Morgan fingerprint density at radius 2 is 2.18 bits per heavy atom. The summed E-state index contributed by atoms with van der Waals surface area (Å²) in [5.41, 5.74) is 0.484. The molecule has 1 fully saturated rings. The second kappa shape index (κ2) is 6.47. The van der Waals surface area contributed by atoms with E-state index in [-0.39, 0.29) is 30.0 Å². The van der Waals surface area contributed by atoms with Gasteiger partial charge in [0, 0.05) is 6.54 Å². The molecular formula is C12H17ClN2O2. The van der Waals surface area contributed by atoms with Gasteiger partial charge in [-0.15, -0.1) is 12.4 Å². The number of phenolic OH excluding ortho intramolecular Hbond substituents is 1. The minimum atomic E-state index is -0.0197. The van der Waals surface area contributed by atoms with Crippen LogP contribution in [0.25, 0.3) is 0 Å². The molecule has 0 radical (unpaired) electrons. The summed E-state index contributed by atoms with van der Waals surface area (Å²) < 4.78 is 0. The van der Waals surface area contributed by atoms with Crippen LogP contribution in [0.4, 0.5) is 5.69 Å². The van der Waals surface area contributed by atoms with E-state index in [1.807, 2.05) is 0 Å². The fraction of sp³-hybridized carbons (Fsp3) is 0.417.